The Morgan fingerprint density at radius 3 is 1.88 bits per heavy atom. The van der Waals surface area contributed by atoms with Gasteiger partial charge in [0.05, 0.1) is 0 Å². The van der Waals surface area contributed by atoms with Gasteiger partial charge in [0.15, 0.2) is 6.07 Å². The molecule has 0 saturated heterocycles. The van der Waals surface area contributed by atoms with E-state index in [1.807, 2.05) is 0 Å². The molecule has 0 fully saturated rings. The van der Waals surface area contributed by atoms with E-state index < -0.39 is 6.05 Å². The lowest BCUT2D eigenvalue weighted by Crippen LogP contribution is -2.33. The van der Waals surface area contributed by atoms with Gasteiger partial charge in [-0.1, -0.05) is 0 Å². The predicted molar refractivity (Wildman–Crippen MR) is 24.2 cm³/mol. The van der Waals surface area contributed by atoms with Crippen molar-refractivity contribution in [2.24, 2.45) is 0 Å². The first-order chi connectivity index (χ1) is 3.50. The van der Waals surface area contributed by atoms with Crippen LogP contribution in [0.4, 0.5) is 8.78 Å². The zero-order valence-corrected chi connectivity index (χ0v) is 4.65. The summed E-state index contributed by atoms with van der Waals surface area (Å²) < 4.78 is 23.7. The van der Waals surface area contributed by atoms with E-state index in [1.165, 1.54) is 0 Å². The number of halogens is 2. The summed E-state index contributed by atoms with van der Waals surface area (Å²) in [6.45, 7) is 0. The highest BCUT2D eigenvalue weighted by Crippen LogP contribution is 2.12. The minimum atomic E-state index is -3.32. The van der Waals surface area contributed by atoms with Gasteiger partial charge in [-0.3, -0.25) is 0 Å². The molecule has 0 atom stereocenters. The molecule has 0 amide bonds. The van der Waals surface area contributed by atoms with Crippen LogP contribution in [0.2, 0.25) is 0 Å². The molecule has 4 heteroatoms. The van der Waals surface area contributed by atoms with Crippen LogP contribution in [0, 0.1) is 11.3 Å². The molecule has 0 saturated carbocycles. The Balaban J connectivity index is 3.97. The van der Waals surface area contributed by atoms with Gasteiger partial charge in [-0.15, -0.1) is 0 Å². The standard InChI is InChI=1S/C4H6F2N2/c1-8(2)4(5,6)3-7/h1-2H3. The molecule has 0 aliphatic rings. The number of hydrogen-bond donors (Lipinski definition) is 0. The quantitative estimate of drug-likeness (QED) is 0.475. The minimum Gasteiger partial charge on any atom is -0.238 e. The molecule has 0 aliphatic carbocycles. The van der Waals surface area contributed by atoms with E-state index in [4.69, 9.17) is 5.26 Å². The normalized spacial score (nSPS) is 11.5. The van der Waals surface area contributed by atoms with Crippen LogP contribution in [0.5, 0.6) is 0 Å². The topological polar surface area (TPSA) is 27.0 Å². The predicted octanol–water partition coefficient (Wildman–Crippen LogP) is 0.664. The Bertz CT molecular complexity index is 114. The van der Waals surface area contributed by atoms with Gasteiger partial charge in [0.1, 0.15) is 0 Å². The molecule has 0 spiro atoms. The van der Waals surface area contributed by atoms with Crippen molar-refractivity contribution in [2.45, 2.75) is 6.05 Å². The number of nitriles is 1. The summed E-state index contributed by atoms with van der Waals surface area (Å²) in [6.07, 6.45) is 0. The molecule has 8 heavy (non-hydrogen) atoms. The minimum absolute atomic E-state index is 0.549. The fourth-order valence-corrected chi connectivity index (χ4v) is 0.100. The maximum absolute atomic E-state index is 11.8. The fourth-order valence-electron chi connectivity index (χ4n) is 0.100. The van der Waals surface area contributed by atoms with E-state index in [1.54, 1.807) is 0 Å². The Kier molecular flexibility index (Phi) is 1.88. The van der Waals surface area contributed by atoms with Gasteiger partial charge in [0.2, 0.25) is 0 Å². The summed E-state index contributed by atoms with van der Waals surface area (Å²) >= 11 is 0. The van der Waals surface area contributed by atoms with Crippen LogP contribution in [0.1, 0.15) is 0 Å². The number of alkyl halides is 2. The molecule has 0 bridgehead atoms. The monoisotopic (exact) mass is 120 g/mol. The summed E-state index contributed by atoms with van der Waals surface area (Å²) in [5.74, 6) is 0. The molecule has 2 nitrogen and oxygen atoms in total. The van der Waals surface area contributed by atoms with Crippen molar-refractivity contribution in [2.75, 3.05) is 14.1 Å². The largest absolute Gasteiger partial charge is 0.393 e. The van der Waals surface area contributed by atoms with Gasteiger partial charge in [0.25, 0.3) is 0 Å². The van der Waals surface area contributed by atoms with Crippen molar-refractivity contribution in [3.63, 3.8) is 0 Å². The fraction of sp³-hybridized carbons (Fsp3) is 0.750. The van der Waals surface area contributed by atoms with Crippen molar-refractivity contribution in [1.29, 1.82) is 5.26 Å². The third kappa shape index (κ3) is 1.43. The summed E-state index contributed by atoms with van der Waals surface area (Å²) in [4.78, 5) is 0.549. The van der Waals surface area contributed by atoms with Gasteiger partial charge >= 0.3 is 6.05 Å². The van der Waals surface area contributed by atoms with Crippen LogP contribution in [0.3, 0.4) is 0 Å². The third-order valence-corrected chi connectivity index (χ3v) is 0.696. The second-order valence-corrected chi connectivity index (χ2v) is 1.55. The molecule has 0 N–H and O–H groups in total. The van der Waals surface area contributed by atoms with Gasteiger partial charge in [-0.2, -0.15) is 14.0 Å². The van der Waals surface area contributed by atoms with Crippen LogP contribution >= 0.6 is 0 Å². The Morgan fingerprint density at radius 1 is 1.50 bits per heavy atom. The second-order valence-electron chi connectivity index (χ2n) is 1.55. The lowest BCUT2D eigenvalue weighted by atomic mass is 10.6. The highest BCUT2D eigenvalue weighted by Gasteiger charge is 2.30. The molecule has 0 aromatic heterocycles. The zero-order chi connectivity index (χ0) is 6.78. The molecule has 0 rings (SSSR count). The summed E-state index contributed by atoms with van der Waals surface area (Å²) in [5, 5.41) is 7.72. The maximum Gasteiger partial charge on any atom is 0.393 e. The number of nitrogens with zero attached hydrogens (tertiary/aromatic N) is 2. The van der Waals surface area contributed by atoms with Gasteiger partial charge in [0, 0.05) is 0 Å². The van der Waals surface area contributed by atoms with E-state index in [2.05, 4.69) is 0 Å². The molecule has 0 aromatic rings. The Morgan fingerprint density at radius 2 is 1.88 bits per heavy atom. The second kappa shape index (κ2) is 2.05. The van der Waals surface area contributed by atoms with Crippen molar-refractivity contribution in [3.05, 3.63) is 0 Å². The highest BCUT2D eigenvalue weighted by molar-refractivity contribution is 4.88. The average molecular weight is 120 g/mol. The lowest BCUT2D eigenvalue weighted by molar-refractivity contribution is -0.0672. The van der Waals surface area contributed by atoms with Crippen LogP contribution in [-0.2, 0) is 0 Å². The van der Waals surface area contributed by atoms with E-state index in [-0.39, 0.29) is 0 Å². The lowest BCUT2D eigenvalue weighted by Gasteiger charge is -2.14. The van der Waals surface area contributed by atoms with Crippen molar-refractivity contribution >= 4 is 0 Å². The Hall–Kier alpha value is -0.690. The summed E-state index contributed by atoms with van der Waals surface area (Å²) in [6, 6.07) is -2.49. The summed E-state index contributed by atoms with van der Waals surface area (Å²) in [5.41, 5.74) is 0. The first kappa shape index (κ1) is 7.31. The molecule has 0 aliphatic heterocycles. The highest BCUT2D eigenvalue weighted by atomic mass is 19.3. The molecular weight excluding hydrogens is 114 g/mol. The molecule has 0 radical (unpaired) electrons. The first-order valence-electron chi connectivity index (χ1n) is 1.97. The van der Waals surface area contributed by atoms with Gasteiger partial charge < -0.3 is 0 Å². The SMILES string of the molecule is CN(C)C(F)(F)C#N. The van der Waals surface area contributed by atoms with Gasteiger partial charge in [-0.05, 0) is 14.1 Å². The van der Waals surface area contributed by atoms with Crippen LogP contribution < -0.4 is 0 Å². The van der Waals surface area contributed by atoms with E-state index in [9.17, 15) is 8.78 Å². The zero-order valence-electron chi connectivity index (χ0n) is 4.65. The van der Waals surface area contributed by atoms with Gasteiger partial charge in [-0.25, -0.2) is 4.90 Å². The average Bonchev–Trinajstić information content (AvgIpc) is 1.67. The van der Waals surface area contributed by atoms with E-state index in [0.29, 0.717) is 4.90 Å². The first-order valence-corrected chi connectivity index (χ1v) is 1.97. The van der Waals surface area contributed by atoms with Crippen LogP contribution in [0.15, 0.2) is 0 Å². The number of hydrogen-bond acceptors (Lipinski definition) is 2. The Labute approximate surface area is 46.3 Å². The maximum atomic E-state index is 11.8. The third-order valence-electron chi connectivity index (χ3n) is 0.696. The van der Waals surface area contributed by atoms with E-state index in [0.717, 1.165) is 20.2 Å². The molecule has 0 heterocycles. The number of rotatable bonds is 1. The van der Waals surface area contributed by atoms with Crippen molar-refractivity contribution < 1.29 is 8.78 Å². The smallest absolute Gasteiger partial charge is 0.238 e. The molecule has 0 unspecified atom stereocenters. The summed E-state index contributed by atoms with van der Waals surface area (Å²) in [7, 11) is 2.28. The molecule has 46 valence electrons. The van der Waals surface area contributed by atoms with Crippen molar-refractivity contribution in [1.82, 2.24) is 4.90 Å². The molecular formula is C4H6F2N2. The van der Waals surface area contributed by atoms with E-state index >= 15 is 0 Å². The molecule has 0 aromatic carbocycles. The van der Waals surface area contributed by atoms with Crippen molar-refractivity contribution in [3.8, 4) is 6.07 Å². The van der Waals surface area contributed by atoms with Crippen LogP contribution in [-0.4, -0.2) is 25.0 Å². The van der Waals surface area contributed by atoms with Crippen LogP contribution in [0.25, 0.3) is 0 Å².